The predicted octanol–water partition coefficient (Wildman–Crippen LogP) is 1.85. The van der Waals surface area contributed by atoms with Gasteiger partial charge in [-0.15, -0.1) is 0 Å². The van der Waals surface area contributed by atoms with Crippen molar-refractivity contribution in [2.75, 3.05) is 6.61 Å². The number of thioether (sulfide) groups is 1. The lowest BCUT2D eigenvalue weighted by atomic mass is 10.2. The Balaban J connectivity index is 2.17. The van der Waals surface area contributed by atoms with E-state index in [-0.39, 0.29) is 0 Å². The van der Waals surface area contributed by atoms with Crippen LogP contribution < -0.4 is 5.41 Å². The number of nitrogens with two attached hydrogens (primary N) is 1. The van der Waals surface area contributed by atoms with Crippen LogP contribution in [0, 0.1) is 0 Å². The minimum absolute atomic E-state index is 0.576. The molecule has 0 fully saturated rings. The molecule has 2 nitrogen and oxygen atoms in total. The summed E-state index contributed by atoms with van der Waals surface area (Å²) in [5.41, 5.74) is 1.27. The summed E-state index contributed by atoms with van der Waals surface area (Å²) >= 11 is 1.55. The average molecular weight is 224 g/mol. The molecule has 0 unspecified atom stereocenters. The van der Waals surface area contributed by atoms with Gasteiger partial charge in [0, 0.05) is 5.75 Å². The number of ether oxygens (including phenoxy) is 1. The highest BCUT2D eigenvalue weighted by Crippen LogP contribution is 2.12. The predicted molar refractivity (Wildman–Crippen MR) is 65.5 cm³/mol. The first kappa shape index (κ1) is 12.1. The fourth-order valence-corrected chi connectivity index (χ4v) is 1.76. The van der Waals surface area contributed by atoms with E-state index in [9.17, 15) is 0 Å². The molecule has 2 N–H and O–H groups in total. The monoisotopic (exact) mass is 224 g/mol. The van der Waals surface area contributed by atoms with Crippen LogP contribution in [0.2, 0.25) is 0 Å². The van der Waals surface area contributed by atoms with Gasteiger partial charge in [-0.2, -0.15) is 0 Å². The van der Waals surface area contributed by atoms with Crippen molar-refractivity contribution >= 4 is 17.0 Å². The summed E-state index contributed by atoms with van der Waals surface area (Å²) < 4.78 is 5.36. The first-order valence-corrected chi connectivity index (χ1v) is 6.23. The molecule has 0 atom stereocenters. The number of benzene rings is 1. The summed E-state index contributed by atoms with van der Waals surface area (Å²) in [5.74, 6) is 0.874. The van der Waals surface area contributed by atoms with Gasteiger partial charge >= 0.3 is 5.23 Å². The van der Waals surface area contributed by atoms with E-state index in [4.69, 9.17) is 10.1 Å². The third-order valence-electron chi connectivity index (χ3n) is 1.97. The second-order valence-corrected chi connectivity index (χ2v) is 4.28. The topological polar surface area (TPSA) is 34.8 Å². The van der Waals surface area contributed by atoms with E-state index < -0.39 is 0 Å². The highest BCUT2D eigenvalue weighted by atomic mass is 32.2. The lowest BCUT2D eigenvalue weighted by molar-refractivity contribution is -0.133. The first-order valence-electron chi connectivity index (χ1n) is 5.25. The van der Waals surface area contributed by atoms with Crippen molar-refractivity contribution in [2.45, 2.75) is 25.5 Å². The maximum atomic E-state index is 5.72. The molecule has 3 heteroatoms. The summed E-state index contributed by atoms with van der Waals surface area (Å²) in [7, 11) is 0. The Labute approximate surface area is 95.5 Å². The van der Waals surface area contributed by atoms with Crippen molar-refractivity contribution in [2.24, 2.45) is 0 Å². The van der Waals surface area contributed by atoms with Gasteiger partial charge in [0.2, 0.25) is 0 Å². The zero-order valence-corrected chi connectivity index (χ0v) is 9.93. The van der Waals surface area contributed by atoms with Gasteiger partial charge in [-0.1, -0.05) is 43.7 Å². The van der Waals surface area contributed by atoms with Crippen LogP contribution in [0.15, 0.2) is 30.3 Å². The van der Waals surface area contributed by atoms with Crippen LogP contribution >= 0.6 is 11.8 Å². The Morgan fingerprint density at radius 3 is 2.73 bits per heavy atom. The average Bonchev–Trinajstić information content (AvgIpc) is 2.28. The molecule has 0 aliphatic rings. The molecule has 82 valence electrons. The van der Waals surface area contributed by atoms with Gasteiger partial charge in [0.05, 0.1) is 6.61 Å². The van der Waals surface area contributed by atoms with Gasteiger partial charge in [0.25, 0.3) is 0 Å². The molecule has 0 amide bonds. The molecule has 0 radical (unpaired) electrons. The molecule has 0 spiro atoms. The summed E-state index contributed by atoms with van der Waals surface area (Å²) in [4.78, 5) is 0. The fourth-order valence-electron chi connectivity index (χ4n) is 1.09. The van der Waals surface area contributed by atoms with E-state index in [1.54, 1.807) is 11.8 Å². The molecule has 0 saturated heterocycles. The van der Waals surface area contributed by atoms with Crippen LogP contribution in [0.5, 0.6) is 0 Å². The first-order chi connectivity index (χ1) is 7.33. The maximum absolute atomic E-state index is 5.72. The Hall–Kier alpha value is -0.960. The van der Waals surface area contributed by atoms with E-state index in [0.29, 0.717) is 5.23 Å². The van der Waals surface area contributed by atoms with Crippen molar-refractivity contribution in [3.8, 4) is 0 Å². The highest BCUT2D eigenvalue weighted by Gasteiger charge is 2.04. The van der Waals surface area contributed by atoms with Crippen molar-refractivity contribution in [1.29, 1.82) is 0 Å². The van der Waals surface area contributed by atoms with Crippen molar-refractivity contribution in [1.82, 2.24) is 0 Å². The lowest BCUT2D eigenvalue weighted by Crippen LogP contribution is -2.39. The molecular formula is C12H18NOS+. The molecule has 0 aromatic heterocycles. The van der Waals surface area contributed by atoms with Crippen LogP contribution in [0.25, 0.3) is 0 Å². The molecule has 0 heterocycles. The largest absolute Gasteiger partial charge is 0.440 e. The number of unbranched alkanes of at least 4 members (excludes halogenated alkanes) is 1. The zero-order chi connectivity index (χ0) is 10.9. The Morgan fingerprint density at radius 2 is 2.07 bits per heavy atom. The maximum Gasteiger partial charge on any atom is 0.397 e. The Kier molecular flexibility index (Phi) is 5.93. The van der Waals surface area contributed by atoms with Gasteiger partial charge in [-0.3, -0.25) is 0 Å². The number of hydrogen-bond acceptors (Lipinski definition) is 2. The molecule has 0 saturated carbocycles. The fraction of sp³-hybridized carbons (Fsp3) is 0.417. The van der Waals surface area contributed by atoms with Gasteiger partial charge in [-0.25, -0.2) is 5.41 Å². The second-order valence-electron chi connectivity index (χ2n) is 3.30. The summed E-state index contributed by atoms with van der Waals surface area (Å²) in [5, 5.41) is 6.30. The Bertz CT molecular complexity index is 287. The zero-order valence-electron chi connectivity index (χ0n) is 9.11. The lowest BCUT2D eigenvalue weighted by Gasteiger charge is -2.01. The third-order valence-corrected chi connectivity index (χ3v) is 2.85. The third kappa shape index (κ3) is 5.47. The molecule has 0 aliphatic carbocycles. The van der Waals surface area contributed by atoms with Crippen LogP contribution in [-0.2, 0) is 10.5 Å². The van der Waals surface area contributed by atoms with Crippen LogP contribution in [-0.4, -0.2) is 11.8 Å². The Morgan fingerprint density at radius 1 is 1.33 bits per heavy atom. The molecule has 1 rings (SSSR count). The molecule has 15 heavy (non-hydrogen) atoms. The second kappa shape index (κ2) is 7.35. The summed E-state index contributed by atoms with van der Waals surface area (Å²) in [6.07, 6.45) is 2.20. The van der Waals surface area contributed by atoms with E-state index >= 15 is 0 Å². The van der Waals surface area contributed by atoms with E-state index in [1.165, 1.54) is 5.56 Å². The standard InChI is InChI=1S/C12H17NOS/c1-2-3-9-14-12(13)15-10-11-7-5-4-6-8-11/h4-8,13H,2-3,9-10H2,1H3/p+1. The minimum Gasteiger partial charge on any atom is -0.440 e. The van der Waals surface area contributed by atoms with E-state index in [1.807, 2.05) is 18.2 Å². The van der Waals surface area contributed by atoms with Gasteiger partial charge in [0.1, 0.15) is 0 Å². The number of rotatable bonds is 5. The quantitative estimate of drug-likeness (QED) is 0.470. The number of hydrogen-bond donors (Lipinski definition) is 1. The van der Waals surface area contributed by atoms with Gasteiger partial charge < -0.3 is 4.74 Å². The SMILES string of the molecule is CCCCOC(=[NH2+])SCc1ccccc1. The molecule has 0 bridgehead atoms. The molecular weight excluding hydrogens is 206 g/mol. The normalized spacial score (nSPS) is 9.93. The van der Waals surface area contributed by atoms with Gasteiger partial charge in [-0.05, 0) is 23.7 Å². The summed E-state index contributed by atoms with van der Waals surface area (Å²) in [6, 6.07) is 10.3. The van der Waals surface area contributed by atoms with Crippen LogP contribution in [0.1, 0.15) is 25.3 Å². The van der Waals surface area contributed by atoms with Crippen LogP contribution in [0.4, 0.5) is 0 Å². The molecule has 1 aromatic carbocycles. The smallest absolute Gasteiger partial charge is 0.397 e. The van der Waals surface area contributed by atoms with E-state index in [2.05, 4.69) is 19.1 Å². The summed E-state index contributed by atoms with van der Waals surface area (Å²) in [6.45, 7) is 2.86. The highest BCUT2D eigenvalue weighted by molar-refractivity contribution is 8.12. The van der Waals surface area contributed by atoms with Crippen molar-refractivity contribution in [3.05, 3.63) is 35.9 Å². The van der Waals surface area contributed by atoms with Crippen LogP contribution in [0.3, 0.4) is 0 Å². The van der Waals surface area contributed by atoms with Gasteiger partial charge in [0.15, 0.2) is 0 Å². The molecule has 0 aliphatic heterocycles. The van der Waals surface area contributed by atoms with Crippen molar-refractivity contribution < 1.29 is 10.1 Å². The minimum atomic E-state index is 0.576. The molecule has 1 aromatic rings. The van der Waals surface area contributed by atoms with Crippen molar-refractivity contribution in [3.63, 3.8) is 0 Å². The van der Waals surface area contributed by atoms with E-state index in [0.717, 1.165) is 25.2 Å².